The van der Waals surface area contributed by atoms with Crippen molar-refractivity contribution in [3.8, 4) is 34.1 Å². The summed E-state index contributed by atoms with van der Waals surface area (Å²) in [7, 11) is -9.25. The zero-order valence-corrected chi connectivity index (χ0v) is 24.0. The van der Waals surface area contributed by atoms with E-state index in [1.807, 2.05) is 42.5 Å². The van der Waals surface area contributed by atoms with E-state index in [9.17, 15) is 30.0 Å². The number of fused-ring (bicyclic) bond motifs is 1. The topological polar surface area (TPSA) is 96.0 Å². The van der Waals surface area contributed by atoms with Crippen LogP contribution in [0.1, 0.15) is 5.56 Å². The molecule has 0 radical (unpaired) electrons. The Labute approximate surface area is 246 Å². The summed E-state index contributed by atoms with van der Waals surface area (Å²) in [5, 5.41) is 1.42. The standard InChI is InChI=1S/C31H23F3O7S2/c1-42(35,36)27-15-7-22(8-16-27)28-17-9-23-19-26(39-20-21-5-3-2-4-6-21)14-18-29(23)30(28)40-24-10-12-25(13-11-24)41-43(37,38)31(32,33)34/h2-19H,20H2,1H3. The van der Waals surface area contributed by atoms with Crippen molar-refractivity contribution in [2.24, 2.45) is 0 Å². The van der Waals surface area contributed by atoms with E-state index in [1.165, 1.54) is 24.3 Å². The van der Waals surface area contributed by atoms with Crippen molar-refractivity contribution in [1.29, 1.82) is 0 Å². The summed E-state index contributed by atoms with van der Waals surface area (Å²) >= 11 is 0. The molecule has 0 N–H and O–H groups in total. The van der Waals surface area contributed by atoms with Gasteiger partial charge < -0.3 is 13.7 Å². The van der Waals surface area contributed by atoms with Crippen LogP contribution in [-0.4, -0.2) is 28.6 Å². The Morgan fingerprint density at radius 3 is 1.95 bits per heavy atom. The number of benzene rings is 5. The molecular weight excluding hydrogens is 605 g/mol. The van der Waals surface area contributed by atoms with Gasteiger partial charge in [-0.1, -0.05) is 48.5 Å². The SMILES string of the molecule is CS(=O)(=O)c1ccc(-c2ccc3cc(OCc4ccccc4)ccc3c2Oc2ccc(OS(=O)(=O)C(F)(F)F)cc2)cc1. The van der Waals surface area contributed by atoms with Crippen LogP contribution in [0.5, 0.6) is 23.0 Å². The van der Waals surface area contributed by atoms with Gasteiger partial charge in [0.15, 0.2) is 9.84 Å². The molecule has 0 spiro atoms. The normalized spacial score (nSPS) is 12.2. The molecule has 0 amide bonds. The summed E-state index contributed by atoms with van der Waals surface area (Å²) in [6.45, 7) is 0.360. The van der Waals surface area contributed by atoms with Crippen molar-refractivity contribution in [2.75, 3.05) is 6.26 Å². The average Bonchev–Trinajstić information content (AvgIpc) is 2.96. The van der Waals surface area contributed by atoms with Gasteiger partial charge in [-0.15, -0.1) is 0 Å². The molecule has 7 nitrogen and oxygen atoms in total. The van der Waals surface area contributed by atoms with Gasteiger partial charge in [0, 0.05) is 17.2 Å². The molecule has 12 heteroatoms. The lowest BCUT2D eigenvalue weighted by atomic mass is 9.99. The summed E-state index contributed by atoms with van der Waals surface area (Å²) < 4.78 is 101. The summed E-state index contributed by atoms with van der Waals surface area (Å²) in [4.78, 5) is 0.143. The van der Waals surface area contributed by atoms with Crippen LogP contribution >= 0.6 is 0 Å². The third-order valence-electron chi connectivity index (χ3n) is 6.32. The van der Waals surface area contributed by atoms with Crippen LogP contribution in [0.15, 0.2) is 114 Å². The molecule has 0 aromatic heterocycles. The number of rotatable bonds is 9. The Morgan fingerprint density at radius 1 is 0.698 bits per heavy atom. The van der Waals surface area contributed by atoms with E-state index in [-0.39, 0.29) is 10.6 Å². The number of ether oxygens (including phenoxy) is 2. The van der Waals surface area contributed by atoms with Crippen molar-refractivity contribution in [3.63, 3.8) is 0 Å². The maximum Gasteiger partial charge on any atom is 0.534 e. The van der Waals surface area contributed by atoms with Gasteiger partial charge in [-0.3, -0.25) is 0 Å². The van der Waals surface area contributed by atoms with Crippen LogP contribution in [0.2, 0.25) is 0 Å². The molecule has 222 valence electrons. The fourth-order valence-electron chi connectivity index (χ4n) is 4.18. The van der Waals surface area contributed by atoms with Gasteiger partial charge in [-0.05, 0) is 77.2 Å². The number of hydrogen-bond acceptors (Lipinski definition) is 7. The number of halogens is 3. The highest BCUT2D eigenvalue weighted by atomic mass is 32.2. The fraction of sp³-hybridized carbons (Fsp3) is 0.0968. The van der Waals surface area contributed by atoms with Crippen LogP contribution in [0.3, 0.4) is 0 Å². The van der Waals surface area contributed by atoms with E-state index in [0.717, 1.165) is 29.3 Å². The molecule has 0 atom stereocenters. The van der Waals surface area contributed by atoms with E-state index in [1.54, 1.807) is 30.3 Å². The predicted molar refractivity (Wildman–Crippen MR) is 155 cm³/mol. The number of sulfone groups is 1. The molecule has 0 bridgehead atoms. The molecule has 5 aromatic carbocycles. The van der Waals surface area contributed by atoms with E-state index >= 15 is 0 Å². The van der Waals surface area contributed by atoms with Crippen LogP contribution in [-0.2, 0) is 26.6 Å². The van der Waals surface area contributed by atoms with Gasteiger partial charge in [-0.2, -0.15) is 21.6 Å². The summed E-state index contributed by atoms with van der Waals surface area (Å²) in [6.07, 6.45) is 1.11. The first-order chi connectivity index (χ1) is 20.3. The second-order valence-electron chi connectivity index (χ2n) is 9.45. The maximum absolute atomic E-state index is 12.7. The molecule has 0 saturated heterocycles. The van der Waals surface area contributed by atoms with Gasteiger partial charge in [-0.25, -0.2) is 8.42 Å². The van der Waals surface area contributed by atoms with Crippen molar-refractivity contribution in [3.05, 3.63) is 115 Å². The molecular formula is C31H23F3O7S2. The number of alkyl halides is 3. The third-order valence-corrected chi connectivity index (χ3v) is 8.42. The maximum atomic E-state index is 12.7. The van der Waals surface area contributed by atoms with Crippen LogP contribution in [0, 0.1) is 0 Å². The van der Waals surface area contributed by atoms with E-state index < -0.39 is 31.2 Å². The van der Waals surface area contributed by atoms with E-state index in [4.69, 9.17) is 9.47 Å². The molecule has 5 aromatic rings. The van der Waals surface area contributed by atoms with E-state index in [2.05, 4.69) is 4.18 Å². The fourth-order valence-corrected chi connectivity index (χ4v) is 5.27. The third kappa shape index (κ3) is 6.92. The van der Waals surface area contributed by atoms with Gasteiger partial charge >= 0.3 is 15.6 Å². The summed E-state index contributed by atoms with van der Waals surface area (Å²) in [5.74, 6) is 0.623. The molecule has 0 heterocycles. The Kier molecular flexibility index (Phi) is 8.08. The molecule has 5 rings (SSSR count). The zero-order chi connectivity index (χ0) is 30.8. The van der Waals surface area contributed by atoms with Crippen molar-refractivity contribution < 1.29 is 43.7 Å². The van der Waals surface area contributed by atoms with Gasteiger partial charge in [0.25, 0.3) is 0 Å². The van der Waals surface area contributed by atoms with Gasteiger partial charge in [0.2, 0.25) is 0 Å². The predicted octanol–water partition coefficient (Wildman–Crippen LogP) is 7.51. The molecule has 0 aliphatic heterocycles. The highest BCUT2D eigenvalue weighted by molar-refractivity contribution is 7.90. The first kappa shape index (κ1) is 29.9. The Morgan fingerprint density at radius 2 is 1.33 bits per heavy atom. The summed E-state index contributed by atoms with van der Waals surface area (Å²) in [6, 6.07) is 29.6. The molecule has 0 aliphatic carbocycles. The highest BCUT2D eigenvalue weighted by Gasteiger charge is 2.48. The minimum absolute atomic E-state index is 0.143. The second kappa shape index (κ2) is 11.6. The van der Waals surface area contributed by atoms with E-state index in [0.29, 0.717) is 34.6 Å². The van der Waals surface area contributed by atoms with Crippen molar-refractivity contribution >= 4 is 30.7 Å². The lowest BCUT2D eigenvalue weighted by molar-refractivity contribution is -0.0500. The second-order valence-corrected chi connectivity index (χ2v) is 13.0. The summed E-state index contributed by atoms with van der Waals surface area (Å²) in [5.41, 5.74) is -3.33. The van der Waals surface area contributed by atoms with Crippen LogP contribution in [0.4, 0.5) is 13.2 Å². The Hall–Kier alpha value is -4.55. The van der Waals surface area contributed by atoms with Crippen LogP contribution in [0.25, 0.3) is 21.9 Å². The van der Waals surface area contributed by atoms with Gasteiger partial charge in [0.05, 0.1) is 4.90 Å². The molecule has 43 heavy (non-hydrogen) atoms. The molecule has 0 unspecified atom stereocenters. The van der Waals surface area contributed by atoms with Crippen LogP contribution < -0.4 is 13.7 Å². The largest absolute Gasteiger partial charge is 0.534 e. The minimum Gasteiger partial charge on any atom is -0.489 e. The smallest absolute Gasteiger partial charge is 0.489 e. The Bertz CT molecular complexity index is 1970. The highest BCUT2D eigenvalue weighted by Crippen LogP contribution is 2.41. The average molecular weight is 629 g/mol. The zero-order valence-electron chi connectivity index (χ0n) is 22.4. The first-order valence-electron chi connectivity index (χ1n) is 12.6. The minimum atomic E-state index is -5.83. The lowest BCUT2D eigenvalue weighted by Gasteiger charge is -2.16. The number of hydrogen-bond donors (Lipinski definition) is 0. The quantitative estimate of drug-likeness (QED) is 0.123. The van der Waals surface area contributed by atoms with Crippen molar-refractivity contribution in [1.82, 2.24) is 0 Å². The first-order valence-corrected chi connectivity index (χ1v) is 15.9. The monoisotopic (exact) mass is 628 g/mol. The molecule has 0 aliphatic rings. The lowest BCUT2D eigenvalue weighted by Crippen LogP contribution is -2.27. The Balaban J connectivity index is 1.51. The molecule has 0 saturated carbocycles. The van der Waals surface area contributed by atoms with Crippen molar-refractivity contribution in [2.45, 2.75) is 17.0 Å². The molecule has 0 fully saturated rings. The van der Waals surface area contributed by atoms with Gasteiger partial charge in [0.1, 0.15) is 29.6 Å².